The summed E-state index contributed by atoms with van der Waals surface area (Å²) in [4.78, 5) is 13.6. The Morgan fingerprint density at radius 3 is 2.48 bits per heavy atom. The maximum atomic E-state index is 11.5. The molecule has 0 radical (unpaired) electrons. The van der Waals surface area contributed by atoms with Crippen LogP contribution >= 0.6 is 0 Å². The van der Waals surface area contributed by atoms with E-state index in [1.807, 2.05) is 30.3 Å². The van der Waals surface area contributed by atoms with Gasteiger partial charge in [0.05, 0.1) is 11.3 Å². The number of rotatable bonds is 6. The minimum atomic E-state index is -2.53. The first kappa shape index (κ1) is 17.4. The van der Waals surface area contributed by atoms with Crippen molar-refractivity contribution in [2.75, 3.05) is 22.7 Å². The number of hydrogen-bond acceptors (Lipinski definition) is 4. The van der Waals surface area contributed by atoms with Crippen LogP contribution in [0.2, 0.25) is 0 Å². The van der Waals surface area contributed by atoms with Gasteiger partial charge in [0.25, 0.3) is 0 Å². The normalized spacial score (nSPS) is 15.2. The summed E-state index contributed by atoms with van der Waals surface area (Å²) in [6, 6.07) is 12.7. The molecule has 2 N–H and O–H groups in total. The fraction of sp³-hybridized carbons (Fsp3) is 0.278. The molecule has 0 spiro atoms. The molecule has 2 aromatic carbocycles. The standard InChI is InChI=1S/C18H20N2O4S/c21-18(22)14-11-16(19-25(23)24)15(10-13-6-2-1-3-7-13)17(12-14)20-8-4-5-9-20/h1-3,6-7,11-12,19H,4-5,8-10H2,(H,21,22)(H,23,24)/p-1. The van der Waals surface area contributed by atoms with Crippen molar-refractivity contribution in [3.8, 4) is 0 Å². The van der Waals surface area contributed by atoms with Gasteiger partial charge in [0.1, 0.15) is 0 Å². The van der Waals surface area contributed by atoms with E-state index in [-0.39, 0.29) is 5.56 Å². The molecule has 1 aliphatic rings. The van der Waals surface area contributed by atoms with Gasteiger partial charge >= 0.3 is 5.97 Å². The number of carboxylic acids is 1. The fourth-order valence-corrected chi connectivity index (χ4v) is 3.55. The predicted molar refractivity (Wildman–Crippen MR) is 96.6 cm³/mol. The highest BCUT2D eigenvalue weighted by Gasteiger charge is 2.21. The largest absolute Gasteiger partial charge is 0.755 e. The Morgan fingerprint density at radius 2 is 1.88 bits per heavy atom. The van der Waals surface area contributed by atoms with Crippen LogP contribution in [0.15, 0.2) is 42.5 Å². The number of nitrogens with zero attached hydrogens (tertiary/aromatic N) is 1. The van der Waals surface area contributed by atoms with Gasteiger partial charge in [0.15, 0.2) is 0 Å². The van der Waals surface area contributed by atoms with Crippen molar-refractivity contribution < 1.29 is 18.7 Å². The van der Waals surface area contributed by atoms with Gasteiger partial charge in [0.2, 0.25) is 0 Å². The molecular formula is C18H19N2O4S-. The second-order valence-corrected chi connectivity index (χ2v) is 6.69. The molecule has 6 nitrogen and oxygen atoms in total. The average molecular weight is 359 g/mol. The van der Waals surface area contributed by atoms with Crippen LogP contribution < -0.4 is 9.62 Å². The highest BCUT2D eigenvalue weighted by Crippen LogP contribution is 2.34. The minimum Gasteiger partial charge on any atom is -0.755 e. The van der Waals surface area contributed by atoms with Gasteiger partial charge in [-0.25, -0.2) is 4.79 Å². The number of nitrogens with one attached hydrogen (secondary N) is 1. The zero-order chi connectivity index (χ0) is 17.8. The molecule has 1 saturated heterocycles. The Hall–Kier alpha value is -2.38. The lowest BCUT2D eigenvalue weighted by atomic mass is 9.98. The second kappa shape index (κ2) is 7.67. The molecule has 1 unspecified atom stereocenters. The summed E-state index contributed by atoms with van der Waals surface area (Å²) < 4.78 is 24.8. The molecule has 0 aliphatic carbocycles. The van der Waals surface area contributed by atoms with Crippen molar-refractivity contribution in [2.45, 2.75) is 19.3 Å². The van der Waals surface area contributed by atoms with E-state index < -0.39 is 17.2 Å². The van der Waals surface area contributed by atoms with Crippen molar-refractivity contribution in [3.05, 3.63) is 59.2 Å². The molecule has 0 bridgehead atoms. The quantitative estimate of drug-likeness (QED) is 0.774. The Labute approximate surface area is 148 Å². The van der Waals surface area contributed by atoms with Crippen molar-refractivity contribution >= 4 is 28.6 Å². The number of aromatic carboxylic acids is 1. The number of benzene rings is 2. The minimum absolute atomic E-state index is 0.0756. The van der Waals surface area contributed by atoms with Crippen LogP contribution in [0.1, 0.15) is 34.3 Å². The first-order valence-corrected chi connectivity index (χ1v) is 9.17. The van der Waals surface area contributed by atoms with E-state index in [0.717, 1.165) is 42.7 Å². The molecular weight excluding hydrogens is 340 g/mol. The first-order chi connectivity index (χ1) is 12.0. The van der Waals surface area contributed by atoms with Gasteiger partial charge in [0, 0.05) is 42.0 Å². The molecule has 0 saturated carbocycles. The smallest absolute Gasteiger partial charge is 0.335 e. The van der Waals surface area contributed by atoms with Crippen LogP contribution in [0.4, 0.5) is 11.4 Å². The summed E-state index contributed by atoms with van der Waals surface area (Å²) in [6.07, 6.45) is 2.60. The fourth-order valence-electron chi connectivity index (χ4n) is 3.19. The van der Waals surface area contributed by atoms with Crippen molar-refractivity contribution in [2.24, 2.45) is 0 Å². The Bertz CT molecular complexity index is 789. The van der Waals surface area contributed by atoms with E-state index in [1.165, 1.54) is 6.07 Å². The van der Waals surface area contributed by atoms with Crippen molar-refractivity contribution in [1.82, 2.24) is 0 Å². The van der Waals surface area contributed by atoms with Crippen LogP contribution in [0.5, 0.6) is 0 Å². The van der Waals surface area contributed by atoms with E-state index in [2.05, 4.69) is 9.62 Å². The van der Waals surface area contributed by atoms with Crippen LogP contribution in [-0.2, 0) is 17.7 Å². The lowest BCUT2D eigenvalue weighted by Crippen LogP contribution is -2.21. The lowest BCUT2D eigenvalue weighted by molar-refractivity contribution is 0.0697. The summed E-state index contributed by atoms with van der Waals surface area (Å²) in [7, 11) is 0. The van der Waals surface area contributed by atoms with Gasteiger partial charge in [-0.1, -0.05) is 30.3 Å². The monoisotopic (exact) mass is 359 g/mol. The van der Waals surface area contributed by atoms with E-state index in [0.29, 0.717) is 12.1 Å². The molecule has 7 heteroatoms. The molecule has 3 rings (SSSR count). The zero-order valence-electron chi connectivity index (χ0n) is 13.6. The lowest BCUT2D eigenvalue weighted by Gasteiger charge is -2.25. The highest BCUT2D eigenvalue weighted by molar-refractivity contribution is 7.80. The summed E-state index contributed by atoms with van der Waals surface area (Å²) in [6.45, 7) is 1.68. The molecule has 1 fully saturated rings. The van der Waals surface area contributed by atoms with Gasteiger partial charge in [-0.15, -0.1) is 0 Å². The summed E-state index contributed by atoms with van der Waals surface area (Å²) in [5, 5.41) is 9.39. The summed E-state index contributed by atoms with van der Waals surface area (Å²) >= 11 is -2.53. The van der Waals surface area contributed by atoms with Gasteiger partial charge in [-0.05, 0) is 30.5 Å². The average Bonchev–Trinajstić information content (AvgIpc) is 3.11. The van der Waals surface area contributed by atoms with E-state index in [9.17, 15) is 18.7 Å². The third-order valence-electron chi connectivity index (χ3n) is 4.34. The molecule has 1 atom stereocenters. The SMILES string of the molecule is O=C(O)c1cc(NS(=O)[O-])c(Cc2ccccc2)c(N2CCCC2)c1. The number of anilines is 2. The Morgan fingerprint density at radius 1 is 1.20 bits per heavy atom. The van der Waals surface area contributed by atoms with Crippen LogP contribution in [0, 0.1) is 0 Å². The highest BCUT2D eigenvalue weighted by atomic mass is 32.2. The summed E-state index contributed by atoms with van der Waals surface area (Å²) in [5.41, 5.74) is 3.01. The third kappa shape index (κ3) is 4.18. The van der Waals surface area contributed by atoms with E-state index >= 15 is 0 Å². The van der Waals surface area contributed by atoms with Crippen molar-refractivity contribution in [1.29, 1.82) is 0 Å². The molecule has 0 aromatic heterocycles. The number of carboxylic acid groups (broad SMARTS) is 1. The topological polar surface area (TPSA) is 92.7 Å². The zero-order valence-corrected chi connectivity index (χ0v) is 14.4. The van der Waals surface area contributed by atoms with E-state index in [4.69, 9.17) is 0 Å². The third-order valence-corrected chi connectivity index (χ3v) is 4.72. The molecule has 132 valence electrons. The molecule has 25 heavy (non-hydrogen) atoms. The first-order valence-electron chi connectivity index (χ1n) is 8.09. The Balaban J connectivity index is 2.12. The maximum Gasteiger partial charge on any atom is 0.335 e. The van der Waals surface area contributed by atoms with Gasteiger partial charge < -0.3 is 19.3 Å². The van der Waals surface area contributed by atoms with Crippen LogP contribution in [0.3, 0.4) is 0 Å². The Kier molecular flexibility index (Phi) is 5.35. The van der Waals surface area contributed by atoms with Crippen LogP contribution in [0.25, 0.3) is 0 Å². The molecule has 0 amide bonds. The molecule has 2 aromatic rings. The number of carbonyl (C=O) groups is 1. The number of hydrogen-bond donors (Lipinski definition) is 2. The van der Waals surface area contributed by atoms with E-state index in [1.54, 1.807) is 6.07 Å². The second-order valence-electron chi connectivity index (χ2n) is 6.02. The molecule has 1 aliphatic heterocycles. The maximum absolute atomic E-state index is 11.5. The van der Waals surface area contributed by atoms with Gasteiger partial charge in [-0.3, -0.25) is 4.21 Å². The van der Waals surface area contributed by atoms with Gasteiger partial charge in [-0.2, -0.15) is 0 Å². The predicted octanol–water partition coefficient (Wildman–Crippen LogP) is 2.78. The van der Waals surface area contributed by atoms with Crippen LogP contribution in [-0.4, -0.2) is 32.9 Å². The summed E-state index contributed by atoms with van der Waals surface area (Å²) in [5.74, 6) is -1.08. The van der Waals surface area contributed by atoms with Crippen molar-refractivity contribution in [3.63, 3.8) is 0 Å². The molecule has 1 heterocycles.